The van der Waals surface area contributed by atoms with E-state index in [2.05, 4.69) is 42.0 Å². The van der Waals surface area contributed by atoms with Crippen LogP contribution in [0, 0.1) is 13.8 Å². The van der Waals surface area contributed by atoms with Crippen LogP contribution in [-0.2, 0) is 0 Å². The highest BCUT2D eigenvalue weighted by atomic mass is 32.2. The van der Waals surface area contributed by atoms with Gasteiger partial charge in [0.2, 0.25) is 0 Å². The molecule has 0 aliphatic heterocycles. The van der Waals surface area contributed by atoms with Gasteiger partial charge >= 0.3 is 0 Å². The van der Waals surface area contributed by atoms with Crippen molar-refractivity contribution in [1.82, 2.24) is 9.97 Å². The summed E-state index contributed by atoms with van der Waals surface area (Å²) in [5.41, 5.74) is 9.91. The Morgan fingerprint density at radius 2 is 2.00 bits per heavy atom. The molecule has 1 heterocycles. The zero-order valence-corrected chi connectivity index (χ0v) is 10.9. The van der Waals surface area contributed by atoms with Gasteiger partial charge in [-0.05, 0) is 19.4 Å². The highest BCUT2D eigenvalue weighted by Crippen LogP contribution is 2.22. The lowest BCUT2D eigenvalue weighted by molar-refractivity contribution is 0.825. The summed E-state index contributed by atoms with van der Waals surface area (Å²) in [5.74, 6) is 0.830. The third kappa shape index (κ3) is 3.35. The topological polar surface area (TPSA) is 54.7 Å². The van der Waals surface area contributed by atoms with E-state index in [1.54, 1.807) is 18.0 Å². The second kappa shape index (κ2) is 5.38. The molecule has 1 aromatic carbocycles. The zero-order chi connectivity index (χ0) is 12.3. The molecule has 0 saturated carbocycles. The van der Waals surface area contributed by atoms with Crippen molar-refractivity contribution in [3.63, 3.8) is 0 Å². The molecule has 2 rings (SSSR count). The summed E-state index contributed by atoms with van der Waals surface area (Å²) in [6.45, 7) is 4.20. The molecule has 0 amide bonds. The van der Waals surface area contributed by atoms with Crippen LogP contribution in [0.3, 0.4) is 0 Å². The van der Waals surface area contributed by atoms with Crippen molar-refractivity contribution in [2.75, 3.05) is 5.75 Å². The van der Waals surface area contributed by atoms with Crippen LogP contribution in [-0.4, -0.2) is 15.7 Å². The lowest BCUT2D eigenvalue weighted by atomic mass is 10.0. The third-order valence-electron chi connectivity index (χ3n) is 2.54. The average Bonchev–Trinajstić information content (AvgIpc) is 2.77. The number of aromatic amines is 1. The number of thioether (sulfide) groups is 1. The second-order valence-corrected chi connectivity index (χ2v) is 5.24. The van der Waals surface area contributed by atoms with Crippen LogP contribution in [0.1, 0.15) is 22.7 Å². The molecular formula is C13H17N3S. The molecule has 0 saturated heterocycles. The second-order valence-electron chi connectivity index (χ2n) is 4.23. The van der Waals surface area contributed by atoms with E-state index in [1.807, 2.05) is 6.20 Å². The molecule has 1 aromatic heterocycles. The van der Waals surface area contributed by atoms with Gasteiger partial charge in [-0.3, -0.25) is 0 Å². The van der Waals surface area contributed by atoms with Gasteiger partial charge in [0, 0.05) is 24.2 Å². The predicted octanol–water partition coefficient (Wildman–Crippen LogP) is 2.82. The van der Waals surface area contributed by atoms with Gasteiger partial charge in [-0.25, -0.2) is 4.98 Å². The van der Waals surface area contributed by atoms with Gasteiger partial charge < -0.3 is 10.7 Å². The molecule has 90 valence electrons. The highest BCUT2D eigenvalue weighted by Gasteiger charge is 2.08. The summed E-state index contributed by atoms with van der Waals surface area (Å²) in [6, 6.07) is 6.51. The molecule has 0 spiro atoms. The monoisotopic (exact) mass is 247 g/mol. The van der Waals surface area contributed by atoms with E-state index in [0.717, 1.165) is 10.9 Å². The summed E-state index contributed by atoms with van der Waals surface area (Å²) in [5, 5.41) is 0.921. The molecule has 0 fully saturated rings. The molecule has 3 nitrogen and oxygen atoms in total. The fourth-order valence-corrected chi connectivity index (χ4v) is 2.64. The van der Waals surface area contributed by atoms with E-state index in [4.69, 9.17) is 5.73 Å². The van der Waals surface area contributed by atoms with Crippen molar-refractivity contribution in [2.45, 2.75) is 25.0 Å². The smallest absolute Gasteiger partial charge is 0.165 e. The fourth-order valence-electron chi connectivity index (χ4n) is 1.82. The molecule has 0 aliphatic rings. The van der Waals surface area contributed by atoms with Crippen molar-refractivity contribution < 1.29 is 0 Å². The Balaban J connectivity index is 2.01. The van der Waals surface area contributed by atoms with Crippen molar-refractivity contribution in [3.05, 3.63) is 47.3 Å². The Hall–Kier alpha value is -1.26. The van der Waals surface area contributed by atoms with Crippen molar-refractivity contribution in [3.8, 4) is 0 Å². The van der Waals surface area contributed by atoms with E-state index >= 15 is 0 Å². The summed E-state index contributed by atoms with van der Waals surface area (Å²) in [7, 11) is 0. The van der Waals surface area contributed by atoms with Crippen molar-refractivity contribution in [1.29, 1.82) is 0 Å². The van der Waals surface area contributed by atoms with Gasteiger partial charge in [0.15, 0.2) is 5.16 Å². The minimum absolute atomic E-state index is 0.0451. The van der Waals surface area contributed by atoms with Gasteiger partial charge in [0.25, 0.3) is 0 Å². The van der Waals surface area contributed by atoms with Crippen molar-refractivity contribution in [2.24, 2.45) is 5.73 Å². The Morgan fingerprint density at radius 3 is 2.59 bits per heavy atom. The maximum absolute atomic E-state index is 6.19. The zero-order valence-electron chi connectivity index (χ0n) is 10.1. The minimum atomic E-state index is 0.0451. The number of nitrogens with one attached hydrogen (secondary N) is 1. The van der Waals surface area contributed by atoms with Gasteiger partial charge in [-0.15, -0.1) is 0 Å². The Morgan fingerprint density at radius 1 is 1.29 bits per heavy atom. The van der Waals surface area contributed by atoms with Gasteiger partial charge in [0.1, 0.15) is 0 Å². The van der Waals surface area contributed by atoms with Crippen LogP contribution in [0.4, 0.5) is 0 Å². The molecule has 4 heteroatoms. The SMILES string of the molecule is Cc1cc(C)cc(C(N)CSc2ncc[nH]2)c1. The van der Waals surface area contributed by atoms with Gasteiger partial charge in [-0.1, -0.05) is 41.1 Å². The number of nitrogens with two attached hydrogens (primary N) is 1. The highest BCUT2D eigenvalue weighted by molar-refractivity contribution is 7.99. The number of hydrogen-bond acceptors (Lipinski definition) is 3. The van der Waals surface area contributed by atoms with E-state index in [-0.39, 0.29) is 6.04 Å². The Kier molecular flexibility index (Phi) is 3.86. The van der Waals surface area contributed by atoms with Crippen LogP contribution >= 0.6 is 11.8 Å². The third-order valence-corrected chi connectivity index (χ3v) is 3.57. The number of benzene rings is 1. The van der Waals surface area contributed by atoms with E-state index in [1.165, 1.54) is 16.7 Å². The van der Waals surface area contributed by atoms with Crippen LogP contribution < -0.4 is 5.73 Å². The first-order chi connectivity index (χ1) is 8.15. The summed E-state index contributed by atoms with van der Waals surface area (Å²) in [4.78, 5) is 7.23. The molecule has 0 bridgehead atoms. The number of hydrogen-bond donors (Lipinski definition) is 2. The van der Waals surface area contributed by atoms with Crippen molar-refractivity contribution >= 4 is 11.8 Å². The van der Waals surface area contributed by atoms with Gasteiger partial charge in [-0.2, -0.15) is 0 Å². The summed E-state index contributed by atoms with van der Waals surface area (Å²) in [6.07, 6.45) is 3.58. The maximum atomic E-state index is 6.19. The van der Waals surface area contributed by atoms with E-state index < -0.39 is 0 Å². The molecule has 1 unspecified atom stereocenters. The normalized spacial score (nSPS) is 12.6. The standard InChI is InChI=1S/C13H17N3S/c1-9-5-10(2)7-11(6-9)12(14)8-17-13-15-3-4-16-13/h3-7,12H,8,14H2,1-2H3,(H,15,16). The van der Waals surface area contributed by atoms with Crippen LogP contribution in [0.2, 0.25) is 0 Å². The first-order valence-electron chi connectivity index (χ1n) is 5.61. The largest absolute Gasteiger partial charge is 0.340 e. The van der Waals surface area contributed by atoms with Gasteiger partial charge in [0.05, 0.1) is 0 Å². The molecule has 0 aliphatic carbocycles. The molecule has 3 N–H and O–H groups in total. The lowest BCUT2D eigenvalue weighted by Gasteiger charge is -2.12. The number of rotatable bonds is 4. The number of H-pyrrole nitrogens is 1. The number of aryl methyl sites for hydroxylation is 2. The summed E-state index contributed by atoms with van der Waals surface area (Å²) < 4.78 is 0. The lowest BCUT2D eigenvalue weighted by Crippen LogP contribution is -2.13. The Labute approximate surface area is 106 Å². The van der Waals surface area contributed by atoms with E-state index in [0.29, 0.717) is 0 Å². The maximum Gasteiger partial charge on any atom is 0.165 e. The number of imidazole rings is 1. The first-order valence-corrected chi connectivity index (χ1v) is 6.59. The fraction of sp³-hybridized carbons (Fsp3) is 0.308. The Bertz CT molecular complexity index is 459. The molecule has 0 radical (unpaired) electrons. The average molecular weight is 247 g/mol. The minimum Gasteiger partial charge on any atom is -0.340 e. The number of nitrogens with zero attached hydrogens (tertiary/aromatic N) is 1. The van der Waals surface area contributed by atoms with E-state index in [9.17, 15) is 0 Å². The summed E-state index contributed by atoms with van der Waals surface area (Å²) >= 11 is 1.65. The number of aromatic nitrogens is 2. The van der Waals surface area contributed by atoms with Crippen LogP contribution in [0.15, 0.2) is 35.7 Å². The van der Waals surface area contributed by atoms with Crippen LogP contribution in [0.5, 0.6) is 0 Å². The van der Waals surface area contributed by atoms with Crippen LogP contribution in [0.25, 0.3) is 0 Å². The molecule has 2 aromatic rings. The molecular weight excluding hydrogens is 230 g/mol. The quantitative estimate of drug-likeness (QED) is 0.817. The predicted molar refractivity (Wildman–Crippen MR) is 72.2 cm³/mol. The first kappa shape index (κ1) is 12.2. The molecule has 17 heavy (non-hydrogen) atoms. The molecule has 1 atom stereocenters.